The highest BCUT2D eigenvalue weighted by Gasteiger charge is 2.22. The van der Waals surface area contributed by atoms with Crippen LogP contribution in [0.2, 0.25) is 0 Å². The number of aryl methyl sites for hydroxylation is 3. The second-order valence-corrected chi connectivity index (χ2v) is 7.03. The first-order chi connectivity index (χ1) is 13.7. The van der Waals surface area contributed by atoms with Gasteiger partial charge in [0.1, 0.15) is 0 Å². The zero-order valence-electron chi connectivity index (χ0n) is 15.9. The maximum absolute atomic E-state index is 12.5. The fraction of sp³-hybridized carbons (Fsp3) is 0.261. The Morgan fingerprint density at radius 3 is 2.64 bits per heavy atom. The number of aromatic nitrogens is 2. The maximum atomic E-state index is 12.5. The summed E-state index contributed by atoms with van der Waals surface area (Å²) in [6.07, 6.45) is 2.63. The lowest BCUT2D eigenvalue weighted by Crippen LogP contribution is -2.19. The zero-order valence-corrected chi connectivity index (χ0v) is 15.9. The molecular weight excluding hydrogens is 350 g/mol. The summed E-state index contributed by atoms with van der Waals surface area (Å²) in [5.74, 6) is 0.483. The smallest absolute Gasteiger partial charge is 0.229 e. The highest BCUT2D eigenvalue weighted by Crippen LogP contribution is 2.33. The van der Waals surface area contributed by atoms with Gasteiger partial charge in [0.15, 0.2) is 5.82 Å². The van der Waals surface area contributed by atoms with Crippen molar-refractivity contribution in [3.05, 3.63) is 76.6 Å². The van der Waals surface area contributed by atoms with E-state index < -0.39 is 0 Å². The highest BCUT2D eigenvalue weighted by molar-refractivity contribution is 5.92. The Hall–Kier alpha value is -3.05. The van der Waals surface area contributed by atoms with Crippen LogP contribution < -0.4 is 5.32 Å². The Bertz CT molecular complexity index is 1020. The number of nitrogens with one attached hydrogen (secondary N) is 1. The molecule has 0 saturated carbocycles. The standard InChI is InChI=1S/C23H23N3O2/c1-2-19-23(26-21(28)13-15-6-4-3-5-7-15)25-20-11-9-17-12-16(14-27)8-10-18(17)22(20)24-19/h3-8,10,12,27H,2,9,11,13-14H2,1H3,(H,25,26,28). The second-order valence-electron chi connectivity index (χ2n) is 7.03. The first-order valence-electron chi connectivity index (χ1n) is 9.64. The molecule has 0 radical (unpaired) electrons. The Kier molecular flexibility index (Phi) is 5.17. The molecule has 0 atom stereocenters. The predicted molar refractivity (Wildman–Crippen MR) is 109 cm³/mol. The molecule has 0 saturated heterocycles. The number of benzene rings is 2. The van der Waals surface area contributed by atoms with Crippen LogP contribution in [0.5, 0.6) is 0 Å². The lowest BCUT2D eigenvalue weighted by Gasteiger charge is -2.21. The van der Waals surface area contributed by atoms with E-state index in [4.69, 9.17) is 9.97 Å². The molecular formula is C23H23N3O2. The summed E-state index contributed by atoms with van der Waals surface area (Å²) in [5.41, 5.74) is 6.74. The number of hydrogen-bond acceptors (Lipinski definition) is 4. The summed E-state index contributed by atoms with van der Waals surface area (Å²) in [7, 11) is 0. The second kappa shape index (κ2) is 7.90. The van der Waals surface area contributed by atoms with Gasteiger partial charge in [0.25, 0.3) is 0 Å². The topological polar surface area (TPSA) is 75.1 Å². The maximum Gasteiger partial charge on any atom is 0.229 e. The molecule has 3 aromatic rings. The molecule has 142 valence electrons. The van der Waals surface area contributed by atoms with Crippen LogP contribution in [-0.4, -0.2) is 21.0 Å². The van der Waals surface area contributed by atoms with Crippen molar-refractivity contribution < 1.29 is 9.90 Å². The predicted octanol–water partition coefficient (Wildman–Crippen LogP) is 3.48. The third-order valence-corrected chi connectivity index (χ3v) is 5.08. The summed E-state index contributed by atoms with van der Waals surface area (Å²) in [5, 5.41) is 12.3. The Balaban J connectivity index is 1.63. The van der Waals surface area contributed by atoms with Gasteiger partial charge in [-0.05, 0) is 36.0 Å². The van der Waals surface area contributed by atoms with E-state index in [2.05, 4.69) is 5.32 Å². The van der Waals surface area contributed by atoms with Crippen LogP contribution in [0.4, 0.5) is 5.82 Å². The highest BCUT2D eigenvalue weighted by atomic mass is 16.3. The molecule has 2 N–H and O–H groups in total. The Morgan fingerprint density at radius 1 is 1.07 bits per heavy atom. The summed E-state index contributed by atoms with van der Waals surface area (Å²) < 4.78 is 0. The van der Waals surface area contributed by atoms with E-state index in [0.717, 1.165) is 46.6 Å². The van der Waals surface area contributed by atoms with Crippen LogP contribution in [0.15, 0.2) is 48.5 Å². The Morgan fingerprint density at radius 2 is 1.89 bits per heavy atom. The fourth-order valence-electron chi connectivity index (χ4n) is 3.64. The van der Waals surface area contributed by atoms with E-state index in [0.29, 0.717) is 18.7 Å². The first-order valence-corrected chi connectivity index (χ1v) is 9.64. The molecule has 1 heterocycles. The number of fused-ring (bicyclic) bond motifs is 3. The Labute approximate surface area is 164 Å². The van der Waals surface area contributed by atoms with E-state index in [9.17, 15) is 9.90 Å². The van der Waals surface area contributed by atoms with Crippen molar-refractivity contribution in [2.45, 2.75) is 39.2 Å². The van der Waals surface area contributed by atoms with Gasteiger partial charge >= 0.3 is 0 Å². The average molecular weight is 373 g/mol. The zero-order chi connectivity index (χ0) is 19.5. The monoisotopic (exact) mass is 373 g/mol. The number of anilines is 1. The molecule has 1 aliphatic rings. The van der Waals surface area contributed by atoms with Crippen LogP contribution in [0.25, 0.3) is 11.3 Å². The van der Waals surface area contributed by atoms with Gasteiger partial charge in [0.2, 0.25) is 5.91 Å². The summed E-state index contributed by atoms with van der Waals surface area (Å²) >= 11 is 0. The van der Waals surface area contributed by atoms with Gasteiger partial charge in [-0.3, -0.25) is 4.79 Å². The average Bonchev–Trinajstić information content (AvgIpc) is 2.73. The number of carbonyl (C=O) groups is 1. The van der Waals surface area contributed by atoms with Gasteiger partial charge in [-0.15, -0.1) is 0 Å². The minimum atomic E-state index is -0.0843. The van der Waals surface area contributed by atoms with Crippen LogP contribution in [0.1, 0.15) is 35.0 Å². The first kappa shape index (κ1) is 18.3. The lowest BCUT2D eigenvalue weighted by atomic mass is 9.90. The van der Waals surface area contributed by atoms with Crippen molar-refractivity contribution in [1.29, 1.82) is 0 Å². The molecule has 0 spiro atoms. The number of aliphatic hydroxyl groups excluding tert-OH is 1. The molecule has 0 bridgehead atoms. The van der Waals surface area contributed by atoms with Gasteiger partial charge in [0.05, 0.1) is 30.1 Å². The molecule has 0 unspecified atom stereocenters. The largest absolute Gasteiger partial charge is 0.392 e. The van der Waals surface area contributed by atoms with Crippen LogP contribution >= 0.6 is 0 Å². The minimum Gasteiger partial charge on any atom is -0.392 e. The van der Waals surface area contributed by atoms with Gasteiger partial charge in [-0.25, -0.2) is 9.97 Å². The van der Waals surface area contributed by atoms with E-state index in [1.54, 1.807) is 0 Å². The number of hydrogen-bond donors (Lipinski definition) is 2. The number of rotatable bonds is 5. The van der Waals surface area contributed by atoms with E-state index in [1.807, 2.05) is 55.5 Å². The third-order valence-electron chi connectivity index (χ3n) is 5.08. The van der Waals surface area contributed by atoms with Crippen LogP contribution in [-0.2, 0) is 37.1 Å². The SMILES string of the molecule is CCc1nc2c(nc1NC(=O)Cc1ccccc1)CCc1cc(CO)ccc1-2. The molecule has 1 amide bonds. The fourth-order valence-corrected chi connectivity index (χ4v) is 3.64. The minimum absolute atomic E-state index is 0.0401. The van der Waals surface area contributed by atoms with Crippen LogP contribution in [0.3, 0.4) is 0 Å². The van der Waals surface area contributed by atoms with Gasteiger partial charge < -0.3 is 10.4 Å². The molecule has 0 aliphatic heterocycles. The van der Waals surface area contributed by atoms with Gasteiger partial charge in [0, 0.05) is 5.56 Å². The number of carbonyl (C=O) groups excluding carboxylic acids is 1. The molecule has 5 nitrogen and oxygen atoms in total. The molecule has 2 aromatic carbocycles. The normalized spacial score (nSPS) is 12.2. The molecule has 28 heavy (non-hydrogen) atoms. The quantitative estimate of drug-likeness (QED) is 0.718. The van der Waals surface area contributed by atoms with Gasteiger partial charge in [-0.1, -0.05) is 55.5 Å². The van der Waals surface area contributed by atoms with Crippen molar-refractivity contribution in [3.8, 4) is 11.3 Å². The van der Waals surface area contributed by atoms with E-state index in [1.165, 1.54) is 5.56 Å². The molecule has 5 heteroatoms. The van der Waals surface area contributed by atoms with Crippen molar-refractivity contribution >= 4 is 11.7 Å². The van der Waals surface area contributed by atoms with Crippen molar-refractivity contribution in [2.24, 2.45) is 0 Å². The van der Waals surface area contributed by atoms with Crippen LogP contribution in [0, 0.1) is 0 Å². The van der Waals surface area contributed by atoms with E-state index >= 15 is 0 Å². The van der Waals surface area contributed by atoms with E-state index in [-0.39, 0.29) is 12.5 Å². The summed E-state index contributed by atoms with van der Waals surface area (Å²) in [6.45, 7) is 2.06. The number of aliphatic hydroxyl groups is 1. The van der Waals surface area contributed by atoms with Gasteiger partial charge in [-0.2, -0.15) is 0 Å². The number of amides is 1. The van der Waals surface area contributed by atoms with Crippen molar-refractivity contribution in [2.75, 3.05) is 5.32 Å². The molecule has 4 rings (SSSR count). The number of nitrogens with zero attached hydrogens (tertiary/aromatic N) is 2. The third kappa shape index (κ3) is 3.66. The molecule has 1 aromatic heterocycles. The summed E-state index contributed by atoms with van der Waals surface area (Å²) in [4.78, 5) is 22.1. The lowest BCUT2D eigenvalue weighted by molar-refractivity contribution is -0.115. The van der Waals surface area contributed by atoms with Crippen molar-refractivity contribution in [1.82, 2.24) is 9.97 Å². The molecule has 0 fully saturated rings. The summed E-state index contributed by atoms with van der Waals surface area (Å²) in [6, 6.07) is 15.7. The van der Waals surface area contributed by atoms with Crippen molar-refractivity contribution in [3.63, 3.8) is 0 Å². The molecule has 1 aliphatic carbocycles.